The molecule has 25 heavy (non-hydrogen) atoms. The molecule has 0 aromatic carbocycles. The molecule has 0 saturated carbocycles. The Bertz CT molecular complexity index is 155. The van der Waals surface area contributed by atoms with Gasteiger partial charge in [0.2, 0.25) is 0 Å². The van der Waals surface area contributed by atoms with E-state index >= 15 is 0 Å². The monoisotopic (exact) mass is 518 g/mol. The first-order valence-corrected chi connectivity index (χ1v) is 21.7. The van der Waals surface area contributed by atoms with E-state index in [1.165, 1.54) is 14.1 Å². The maximum absolute atomic E-state index is 8.66. The van der Waals surface area contributed by atoms with Gasteiger partial charge in [0.15, 0.2) is 33.3 Å². The fraction of sp³-hybridized carbons (Fsp3) is 1.00. The van der Waals surface area contributed by atoms with Gasteiger partial charge in [0.1, 0.15) is 0 Å². The summed E-state index contributed by atoms with van der Waals surface area (Å²) in [6.07, 6.45) is 0. The van der Waals surface area contributed by atoms with Gasteiger partial charge in [-0.1, -0.05) is 0 Å². The van der Waals surface area contributed by atoms with Crippen molar-refractivity contribution in [3.05, 3.63) is 11.5 Å². The molecule has 0 bridgehead atoms. The standard InChI is InChI=1S/4C3H10OSi.2CH4N.Mo/c4*1-5(2,3)4;2*1-2;/h4*4H,1-3H3;2*2H,1H3;/q;;;;2*-1;+2. The van der Waals surface area contributed by atoms with Gasteiger partial charge in [0.05, 0.1) is 0 Å². The van der Waals surface area contributed by atoms with Crippen LogP contribution >= 0.6 is 0 Å². The van der Waals surface area contributed by atoms with Crippen LogP contribution in [-0.2, 0) is 21.1 Å². The third-order valence-electron chi connectivity index (χ3n) is 0. The Morgan fingerprint density at radius 2 is 0.360 bits per heavy atom. The van der Waals surface area contributed by atoms with Crippen molar-refractivity contribution in [3.8, 4) is 0 Å². The number of hydrogen-bond acceptors (Lipinski definition) is 4. The fourth-order valence-electron chi connectivity index (χ4n) is 0. The zero-order chi connectivity index (χ0) is 22.0. The summed E-state index contributed by atoms with van der Waals surface area (Å²) in [5.74, 6) is 0. The van der Waals surface area contributed by atoms with Crippen LogP contribution in [-0.4, -0.2) is 66.5 Å². The third kappa shape index (κ3) is 7950. The first-order valence-electron chi connectivity index (χ1n) is 7.89. The second-order valence-electron chi connectivity index (χ2n) is 8.68. The molecule has 11 heteroatoms. The summed E-state index contributed by atoms with van der Waals surface area (Å²) >= 11 is 0. The smallest absolute Gasteiger partial charge is 0.680 e. The maximum Gasteiger partial charge on any atom is 2.00 e. The Kier molecular flexibility index (Phi) is 42.2. The van der Waals surface area contributed by atoms with Crippen LogP contribution in [0.3, 0.4) is 0 Å². The Hall–Kier alpha value is 1.32. The van der Waals surface area contributed by atoms with Crippen LogP contribution in [0.2, 0.25) is 78.6 Å². The van der Waals surface area contributed by atoms with Crippen LogP contribution < -0.4 is 0 Å². The molecule has 0 amide bonds. The molecular formula is C14H48MoN2O4Si4. The molecule has 6 N–H and O–H groups in total. The predicted octanol–water partition coefficient (Wildman–Crippen LogP) is 4.59. The van der Waals surface area contributed by atoms with Gasteiger partial charge in [-0.2, -0.15) is 14.1 Å². The van der Waals surface area contributed by atoms with Gasteiger partial charge in [-0.05, 0) is 78.6 Å². The Labute approximate surface area is 177 Å². The minimum atomic E-state index is -1.61. The minimum absolute atomic E-state index is 0. The molecule has 0 aliphatic heterocycles. The normalized spacial score (nSPS) is 10.1. The van der Waals surface area contributed by atoms with E-state index in [1.807, 2.05) is 78.6 Å². The molecule has 0 atom stereocenters. The SMILES string of the molecule is C[NH-].C[NH-].C[Si](C)(C)O.C[Si](C)(C)O.C[Si](C)(C)O.C[Si](C)(C)O.[Mo+2]. The summed E-state index contributed by atoms with van der Waals surface area (Å²) in [4.78, 5) is 34.6. The molecule has 0 aliphatic rings. The molecule has 0 rings (SSSR count). The van der Waals surface area contributed by atoms with Crippen molar-refractivity contribution in [1.29, 1.82) is 0 Å². The summed E-state index contributed by atoms with van der Waals surface area (Å²) < 4.78 is 0. The number of rotatable bonds is 0. The molecule has 6 nitrogen and oxygen atoms in total. The molecule has 0 aromatic rings. The first-order chi connectivity index (χ1) is 10.0. The van der Waals surface area contributed by atoms with Crippen molar-refractivity contribution in [2.75, 3.05) is 14.1 Å². The number of nitrogens with one attached hydrogen (secondary N) is 2. The van der Waals surface area contributed by atoms with E-state index in [1.54, 1.807) is 0 Å². The van der Waals surface area contributed by atoms with Gasteiger partial charge >= 0.3 is 21.1 Å². The van der Waals surface area contributed by atoms with Gasteiger partial charge in [-0.25, -0.2) is 0 Å². The Morgan fingerprint density at radius 3 is 0.360 bits per heavy atom. The third-order valence-corrected chi connectivity index (χ3v) is 0. The van der Waals surface area contributed by atoms with Gasteiger partial charge in [0.25, 0.3) is 0 Å². The van der Waals surface area contributed by atoms with E-state index in [9.17, 15) is 0 Å². The molecular weight excluding hydrogens is 468 g/mol. The van der Waals surface area contributed by atoms with Crippen LogP contribution in [0, 0.1) is 0 Å². The van der Waals surface area contributed by atoms with E-state index in [2.05, 4.69) is 0 Å². The van der Waals surface area contributed by atoms with Gasteiger partial charge < -0.3 is 30.7 Å². The van der Waals surface area contributed by atoms with Gasteiger partial charge in [-0.3, -0.25) is 0 Å². The maximum atomic E-state index is 8.66. The van der Waals surface area contributed by atoms with E-state index in [4.69, 9.17) is 30.7 Å². The van der Waals surface area contributed by atoms with Crippen LogP contribution in [0.4, 0.5) is 0 Å². The molecule has 0 spiro atoms. The molecule has 0 fully saturated rings. The van der Waals surface area contributed by atoms with E-state index in [-0.39, 0.29) is 21.1 Å². The Morgan fingerprint density at radius 1 is 0.360 bits per heavy atom. The van der Waals surface area contributed by atoms with Crippen LogP contribution in [0.25, 0.3) is 11.5 Å². The van der Waals surface area contributed by atoms with Gasteiger partial charge in [-0.15, -0.1) is 0 Å². The quantitative estimate of drug-likeness (QED) is 0.351. The van der Waals surface area contributed by atoms with Crippen molar-refractivity contribution in [2.24, 2.45) is 0 Å². The average molecular weight is 517 g/mol. The largest absolute Gasteiger partial charge is 2.00 e. The van der Waals surface area contributed by atoms with Crippen molar-refractivity contribution in [3.63, 3.8) is 0 Å². The minimum Gasteiger partial charge on any atom is -0.680 e. The zero-order valence-electron chi connectivity index (χ0n) is 19.2. The Balaban J connectivity index is -0.0000000319. The molecule has 0 unspecified atom stereocenters. The van der Waals surface area contributed by atoms with Crippen LogP contribution in [0.5, 0.6) is 0 Å². The van der Waals surface area contributed by atoms with E-state index in [0.717, 1.165) is 0 Å². The predicted molar refractivity (Wildman–Crippen MR) is 123 cm³/mol. The molecule has 0 heterocycles. The summed E-state index contributed by atoms with van der Waals surface area (Å²) in [5.41, 5.74) is 11.5. The fourth-order valence-corrected chi connectivity index (χ4v) is 0. The topological polar surface area (TPSA) is 129 Å². The van der Waals surface area contributed by atoms with Gasteiger partial charge in [0, 0.05) is 0 Å². The summed E-state index contributed by atoms with van der Waals surface area (Å²) in [5, 5.41) is 0. The molecule has 160 valence electrons. The summed E-state index contributed by atoms with van der Waals surface area (Å²) in [6.45, 7) is 22.6. The second-order valence-corrected chi connectivity index (χ2v) is 26.0. The summed E-state index contributed by atoms with van der Waals surface area (Å²) in [6, 6.07) is 0. The van der Waals surface area contributed by atoms with E-state index in [0.29, 0.717) is 0 Å². The van der Waals surface area contributed by atoms with Crippen LogP contribution in [0.1, 0.15) is 0 Å². The molecule has 0 aliphatic carbocycles. The number of hydrogen-bond donors (Lipinski definition) is 4. The first kappa shape index (κ1) is 45.2. The van der Waals surface area contributed by atoms with Crippen molar-refractivity contribution in [2.45, 2.75) is 78.6 Å². The molecule has 0 saturated heterocycles. The molecule has 0 radical (unpaired) electrons. The molecule has 0 aromatic heterocycles. The summed E-state index contributed by atoms with van der Waals surface area (Å²) in [7, 11) is -3.94. The van der Waals surface area contributed by atoms with Crippen molar-refractivity contribution in [1.82, 2.24) is 0 Å². The van der Waals surface area contributed by atoms with Crippen molar-refractivity contribution < 1.29 is 40.2 Å². The second kappa shape index (κ2) is 23.4. The van der Waals surface area contributed by atoms with E-state index < -0.39 is 33.3 Å². The zero-order valence-corrected chi connectivity index (χ0v) is 25.2. The van der Waals surface area contributed by atoms with Crippen molar-refractivity contribution >= 4 is 33.3 Å². The van der Waals surface area contributed by atoms with Crippen LogP contribution in [0.15, 0.2) is 0 Å². The average Bonchev–Trinajstić information content (AvgIpc) is 2.12.